The Hall–Kier alpha value is -0.0800. The normalized spacial score (nSPS) is 39.7. The lowest BCUT2D eigenvalue weighted by molar-refractivity contribution is 0.0242. The molecule has 2 rings (SSSR count). The number of aliphatic hydroxyl groups is 1. The molecule has 0 spiro atoms. The van der Waals surface area contributed by atoms with Crippen LogP contribution in [0.4, 0.5) is 0 Å². The van der Waals surface area contributed by atoms with Crippen molar-refractivity contribution in [1.29, 1.82) is 0 Å². The third-order valence-corrected chi connectivity index (χ3v) is 5.07. The van der Waals surface area contributed by atoms with E-state index in [0.717, 1.165) is 24.9 Å². The highest BCUT2D eigenvalue weighted by atomic mass is 16.3. The van der Waals surface area contributed by atoms with Crippen molar-refractivity contribution in [3.8, 4) is 0 Å². The molecule has 1 heterocycles. The lowest BCUT2D eigenvalue weighted by Gasteiger charge is -2.36. The summed E-state index contributed by atoms with van der Waals surface area (Å²) in [5.41, 5.74) is 0. The van der Waals surface area contributed by atoms with Gasteiger partial charge in [-0.3, -0.25) is 0 Å². The van der Waals surface area contributed by atoms with Crippen molar-refractivity contribution in [3.05, 3.63) is 0 Å². The molecule has 100 valence electrons. The molecule has 17 heavy (non-hydrogen) atoms. The number of hydrogen-bond acceptors (Lipinski definition) is 2. The molecule has 1 aliphatic heterocycles. The molecule has 0 aromatic carbocycles. The summed E-state index contributed by atoms with van der Waals surface area (Å²) in [7, 11) is 0. The van der Waals surface area contributed by atoms with Crippen LogP contribution in [0.15, 0.2) is 0 Å². The second kappa shape index (κ2) is 6.19. The Morgan fingerprint density at radius 2 is 1.94 bits per heavy atom. The average molecular weight is 239 g/mol. The van der Waals surface area contributed by atoms with Crippen molar-refractivity contribution in [2.45, 2.75) is 70.9 Å². The molecule has 4 atom stereocenters. The Labute approximate surface area is 106 Å². The van der Waals surface area contributed by atoms with E-state index in [1.165, 1.54) is 45.1 Å². The van der Waals surface area contributed by atoms with Gasteiger partial charge in [0.2, 0.25) is 0 Å². The number of aliphatic hydroxyl groups excluding tert-OH is 1. The summed E-state index contributed by atoms with van der Waals surface area (Å²) in [5.74, 6) is 1.41. The van der Waals surface area contributed by atoms with Crippen LogP contribution in [-0.4, -0.2) is 35.2 Å². The van der Waals surface area contributed by atoms with Gasteiger partial charge in [0, 0.05) is 12.6 Å². The minimum atomic E-state index is -0.0316. The van der Waals surface area contributed by atoms with Crippen molar-refractivity contribution in [3.63, 3.8) is 0 Å². The van der Waals surface area contributed by atoms with E-state index in [9.17, 15) is 5.11 Å². The van der Waals surface area contributed by atoms with E-state index < -0.39 is 0 Å². The number of rotatable bonds is 4. The Kier molecular flexibility index (Phi) is 4.87. The fraction of sp³-hybridized carbons (Fsp3) is 1.00. The summed E-state index contributed by atoms with van der Waals surface area (Å²) in [5, 5.41) is 10.2. The smallest absolute Gasteiger partial charge is 0.0580 e. The van der Waals surface area contributed by atoms with Crippen LogP contribution in [-0.2, 0) is 0 Å². The van der Waals surface area contributed by atoms with E-state index in [4.69, 9.17) is 0 Å². The SMILES string of the molecule is CCC1CCC(O)C(CN2CCCC2CC)C1. The molecule has 1 N–H and O–H groups in total. The molecule has 1 saturated heterocycles. The zero-order valence-electron chi connectivity index (χ0n) is 11.6. The van der Waals surface area contributed by atoms with E-state index in [-0.39, 0.29) is 6.10 Å². The van der Waals surface area contributed by atoms with E-state index in [1.807, 2.05) is 0 Å². The minimum absolute atomic E-state index is 0.0316. The Morgan fingerprint density at radius 3 is 2.65 bits per heavy atom. The second-order valence-corrected chi connectivity index (χ2v) is 6.11. The van der Waals surface area contributed by atoms with Crippen LogP contribution in [0.25, 0.3) is 0 Å². The highest BCUT2D eigenvalue weighted by molar-refractivity contribution is 4.85. The monoisotopic (exact) mass is 239 g/mol. The molecule has 2 fully saturated rings. The summed E-state index contributed by atoms with van der Waals surface area (Å²) in [6, 6.07) is 0.796. The highest BCUT2D eigenvalue weighted by Crippen LogP contribution is 2.33. The summed E-state index contributed by atoms with van der Waals surface area (Å²) < 4.78 is 0. The number of nitrogens with zero attached hydrogens (tertiary/aromatic N) is 1. The largest absolute Gasteiger partial charge is 0.393 e. The van der Waals surface area contributed by atoms with Crippen molar-refractivity contribution in [2.24, 2.45) is 11.8 Å². The lowest BCUT2D eigenvalue weighted by atomic mass is 9.78. The highest BCUT2D eigenvalue weighted by Gasteiger charge is 2.32. The van der Waals surface area contributed by atoms with Gasteiger partial charge in [0.15, 0.2) is 0 Å². The molecule has 0 aromatic rings. The molecular formula is C15H29NO. The quantitative estimate of drug-likeness (QED) is 0.815. The van der Waals surface area contributed by atoms with Gasteiger partial charge >= 0.3 is 0 Å². The summed E-state index contributed by atoms with van der Waals surface area (Å²) >= 11 is 0. The van der Waals surface area contributed by atoms with Crippen molar-refractivity contribution in [1.82, 2.24) is 4.90 Å². The first-order valence-corrected chi connectivity index (χ1v) is 7.66. The third-order valence-electron chi connectivity index (χ3n) is 5.07. The molecule has 1 saturated carbocycles. The first-order chi connectivity index (χ1) is 8.24. The van der Waals surface area contributed by atoms with Crippen molar-refractivity contribution in [2.75, 3.05) is 13.1 Å². The fourth-order valence-corrected chi connectivity index (χ4v) is 3.81. The van der Waals surface area contributed by atoms with Crippen molar-refractivity contribution >= 4 is 0 Å². The summed E-state index contributed by atoms with van der Waals surface area (Å²) in [4.78, 5) is 2.64. The zero-order chi connectivity index (χ0) is 12.3. The molecule has 0 radical (unpaired) electrons. The summed E-state index contributed by atoms with van der Waals surface area (Å²) in [6.07, 6.45) is 8.80. The maximum Gasteiger partial charge on any atom is 0.0580 e. The second-order valence-electron chi connectivity index (χ2n) is 6.11. The van der Waals surface area contributed by atoms with Crippen LogP contribution < -0.4 is 0 Å². The Balaban J connectivity index is 1.87. The molecule has 2 heteroatoms. The minimum Gasteiger partial charge on any atom is -0.393 e. The number of hydrogen-bond donors (Lipinski definition) is 1. The van der Waals surface area contributed by atoms with Crippen LogP contribution >= 0.6 is 0 Å². The van der Waals surface area contributed by atoms with Gasteiger partial charge in [-0.1, -0.05) is 20.3 Å². The van der Waals surface area contributed by atoms with Gasteiger partial charge in [-0.15, -0.1) is 0 Å². The third kappa shape index (κ3) is 3.23. The average Bonchev–Trinajstić information content (AvgIpc) is 2.79. The standard InChI is InChI=1S/C15H29NO/c1-3-12-7-8-15(17)13(10-12)11-16-9-5-6-14(16)4-2/h12-15,17H,3-11H2,1-2H3. The predicted octanol–water partition coefficient (Wildman–Crippen LogP) is 3.05. The molecule has 1 aliphatic carbocycles. The molecule has 0 aromatic heterocycles. The van der Waals surface area contributed by atoms with Gasteiger partial charge in [-0.25, -0.2) is 0 Å². The van der Waals surface area contributed by atoms with E-state index in [0.29, 0.717) is 5.92 Å². The molecular weight excluding hydrogens is 210 g/mol. The Bertz CT molecular complexity index is 231. The topological polar surface area (TPSA) is 23.5 Å². The maximum absolute atomic E-state index is 10.2. The first-order valence-electron chi connectivity index (χ1n) is 7.66. The van der Waals surface area contributed by atoms with Crippen LogP contribution in [0.1, 0.15) is 58.8 Å². The lowest BCUT2D eigenvalue weighted by Crippen LogP contribution is -2.40. The van der Waals surface area contributed by atoms with Gasteiger partial charge in [0.05, 0.1) is 6.10 Å². The molecule has 2 nitrogen and oxygen atoms in total. The summed E-state index contributed by atoms with van der Waals surface area (Å²) in [6.45, 7) is 7.01. The molecule has 2 aliphatic rings. The van der Waals surface area contributed by atoms with Crippen LogP contribution in [0.2, 0.25) is 0 Å². The van der Waals surface area contributed by atoms with Crippen molar-refractivity contribution < 1.29 is 5.11 Å². The zero-order valence-corrected chi connectivity index (χ0v) is 11.6. The van der Waals surface area contributed by atoms with Crippen LogP contribution in [0.5, 0.6) is 0 Å². The van der Waals surface area contributed by atoms with Gasteiger partial charge in [0.25, 0.3) is 0 Å². The van der Waals surface area contributed by atoms with E-state index in [2.05, 4.69) is 18.7 Å². The number of likely N-dealkylation sites (tertiary alicyclic amines) is 1. The molecule has 4 unspecified atom stereocenters. The maximum atomic E-state index is 10.2. The Morgan fingerprint density at radius 1 is 1.12 bits per heavy atom. The van der Waals surface area contributed by atoms with E-state index >= 15 is 0 Å². The van der Waals surface area contributed by atoms with Crippen LogP contribution in [0.3, 0.4) is 0 Å². The fourth-order valence-electron chi connectivity index (χ4n) is 3.81. The predicted molar refractivity (Wildman–Crippen MR) is 72.0 cm³/mol. The first kappa shape index (κ1) is 13.4. The molecule has 0 amide bonds. The van der Waals surface area contributed by atoms with Gasteiger partial charge in [-0.05, 0) is 56.9 Å². The van der Waals surface area contributed by atoms with E-state index in [1.54, 1.807) is 0 Å². The van der Waals surface area contributed by atoms with Gasteiger partial charge in [-0.2, -0.15) is 0 Å². The molecule has 0 bridgehead atoms. The van der Waals surface area contributed by atoms with Gasteiger partial charge in [0.1, 0.15) is 0 Å². The van der Waals surface area contributed by atoms with Crippen LogP contribution in [0, 0.1) is 11.8 Å². The van der Waals surface area contributed by atoms with Gasteiger partial charge < -0.3 is 10.0 Å².